The second kappa shape index (κ2) is 10.4. The maximum atomic E-state index is 12.7. The monoisotopic (exact) mass is 394 g/mol. The van der Waals surface area contributed by atoms with Gasteiger partial charge in [0.15, 0.2) is 0 Å². The Morgan fingerprint density at radius 3 is 2.36 bits per heavy atom. The summed E-state index contributed by atoms with van der Waals surface area (Å²) in [6.45, 7) is 5.85. The third-order valence-corrected chi connectivity index (χ3v) is 7.53. The van der Waals surface area contributed by atoms with Crippen molar-refractivity contribution in [2.24, 2.45) is 0 Å². The number of sulfonamides is 1. The number of carbonyl (C=O) groups is 2. The Morgan fingerprint density at radius 1 is 1.28 bits per heavy atom. The maximum absolute atomic E-state index is 12.7. The predicted molar refractivity (Wildman–Crippen MR) is 100 cm³/mol. The van der Waals surface area contributed by atoms with Gasteiger partial charge in [-0.15, -0.1) is 11.8 Å². The lowest BCUT2D eigenvalue weighted by molar-refractivity contribution is -0.146. The Balaban J connectivity index is 2.73. The van der Waals surface area contributed by atoms with Crippen molar-refractivity contribution in [2.75, 3.05) is 31.1 Å². The zero-order valence-electron chi connectivity index (χ0n) is 15.3. The minimum atomic E-state index is -3.24. The first kappa shape index (κ1) is 22.2. The van der Waals surface area contributed by atoms with Crippen LogP contribution < -0.4 is 0 Å². The van der Waals surface area contributed by atoms with Gasteiger partial charge < -0.3 is 10.0 Å². The van der Waals surface area contributed by atoms with Gasteiger partial charge in [-0.25, -0.2) is 12.7 Å². The third kappa shape index (κ3) is 6.79. The number of amides is 1. The standard InChI is InChI=1S/C16H30N2O5S2/c1-4-6-11-24-13(3)16(21)18(12-15(19)20)14-7-9-17(10-8-14)25(22,23)5-2/h13-14H,4-12H2,1-3H3,(H,19,20). The van der Waals surface area contributed by atoms with E-state index in [4.69, 9.17) is 0 Å². The van der Waals surface area contributed by atoms with Crippen molar-refractivity contribution in [3.05, 3.63) is 0 Å². The molecular weight excluding hydrogens is 364 g/mol. The predicted octanol–water partition coefficient (Wildman–Crippen LogP) is 1.64. The summed E-state index contributed by atoms with van der Waals surface area (Å²) < 4.78 is 25.3. The average Bonchev–Trinajstić information content (AvgIpc) is 2.59. The van der Waals surface area contributed by atoms with Crippen LogP contribution in [0.4, 0.5) is 0 Å². The SMILES string of the molecule is CCCCSC(C)C(=O)N(CC(=O)O)C1CCN(S(=O)(=O)CC)CC1. The molecule has 1 atom stereocenters. The van der Waals surface area contributed by atoms with Crippen LogP contribution in [0.5, 0.6) is 0 Å². The molecule has 1 amide bonds. The van der Waals surface area contributed by atoms with Crippen LogP contribution in [-0.4, -0.2) is 77.0 Å². The molecule has 1 N–H and O–H groups in total. The van der Waals surface area contributed by atoms with E-state index in [2.05, 4.69) is 6.92 Å². The lowest BCUT2D eigenvalue weighted by atomic mass is 10.0. The third-order valence-electron chi connectivity index (χ3n) is 4.42. The van der Waals surface area contributed by atoms with Crippen LogP contribution in [0.2, 0.25) is 0 Å². The maximum Gasteiger partial charge on any atom is 0.323 e. The van der Waals surface area contributed by atoms with Crippen molar-refractivity contribution < 1.29 is 23.1 Å². The number of thioether (sulfide) groups is 1. The summed E-state index contributed by atoms with van der Waals surface area (Å²) in [5, 5.41) is 8.88. The fourth-order valence-electron chi connectivity index (χ4n) is 2.86. The zero-order chi connectivity index (χ0) is 19.0. The van der Waals surface area contributed by atoms with Gasteiger partial charge in [0.2, 0.25) is 15.9 Å². The van der Waals surface area contributed by atoms with Gasteiger partial charge in [-0.05, 0) is 38.9 Å². The molecule has 1 rings (SSSR count). The van der Waals surface area contributed by atoms with Gasteiger partial charge in [0.1, 0.15) is 6.54 Å². The first-order chi connectivity index (χ1) is 11.7. The van der Waals surface area contributed by atoms with Gasteiger partial charge in [0, 0.05) is 19.1 Å². The van der Waals surface area contributed by atoms with E-state index in [0.717, 1.165) is 18.6 Å². The lowest BCUT2D eigenvalue weighted by Crippen LogP contribution is -2.52. The van der Waals surface area contributed by atoms with Gasteiger partial charge in [-0.1, -0.05) is 13.3 Å². The molecule has 0 aromatic heterocycles. The van der Waals surface area contributed by atoms with E-state index in [0.29, 0.717) is 25.9 Å². The van der Waals surface area contributed by atoms with Gasteiger partial charge >= 0.3 is 5.97 Å². The van der Waals surface area contributed by atoms with E-state index >= 15 is 0 Å². The largest absolute Gasteiger partial charge is 0.480 e. The number of aliphatic carboxylic acids is 1. The van der Waals surface area contributed by atoms with Crippen molar-refractivity contribution in [1.82, 2.24) is 9.21 Å². The van der Waals surface area contributed by atoms with Crippen LogP contribution in [0, 0.1) is 0 Å². The van der Waals surface area contributed by atoms with Crippen LogP contribution >= 0.6 is 11.8 Å². The molecule has 7 nitrogen and oxygen atoms in total. The first-order valence-corrected chi connectivity index (χ1v) is 11.5. The van der Waals surface area contributed by atoms with Crippen molar-refractivity contribution in [3.8, 4) is 0 Å². The normalized spacial score (nSPS) is 18.0. The molecule has 1 aliphatic rings. The molecule has 1 aliphatic heterocycles. The molecule has 1 unspecified atom stereocenters. The summed E-state index contributed by atoms with van der Waals surface area (Å²) in [5.74, 6) is -0.277. The summed E-state index contributed by atoms with van der Waals surface area (Å²) in [5.41, 5.74) is 0. The van der Waals surface area contributed by atoms with E-state index in [9.17, 15) is 23.1 Å². The second-order valence-corrected chi connectivity index (χ2v) is 9.96. The second-order valence-electron chi connectivity index (χ2n) is 6.26. The minimum Gasteiger partial charge on any atom is -0.480 e. The molecule has 0 aromatic carbocycles. The molecule has 0 radical (unpaired) electrons. The molecular formula is C16H30N2O5S2. The van der Waals surface area contributed by atoms with Gasteiger partial charge in [0.05, 0.1) is 11.0 Å². The number of rotatable bonds is 10. The van der Waals surface area contributed by atoms with Gasteiger partial charge in [-0.3, -0.25) is 9.59 Å². The van der Waals surface area contributed by atoms with Crippen molar-refractivity contribution in [2.45, 2.75) is 57.7 Å². The quantitative estimate of drug-likeness (QED) is 0.566. The highest BCUT2D eigenvalue weighted by Crippen LogP contribution is 2.23. The number of carbonyl (C=O) groups excluding carboxylic acids is 1. The van der Waals surface area contributed by atoms with Gasteiger partial charge in [-0.2, -0.15) is 0 Å². The Kier molecular flexibility index (Phi) is 9.23. The minimum absolute atomic E-state index is 0.0561. The highest BCUT2D eigenvalue weighted by Gasteiger charge is 2.34. The molecule has 0 saturated carbocycles. The van der Waals surface area contributed by atoms with Crippen LogP contribution in [0.15, 0.2) is 0 Å². The summed E-state index contributed by atoms with van der Waals surface area (Å²) in [4.78, 5) is 25.4. The van der Waals surface area contributed by atoms with E-state index in [1.54, 1.807) is 18.7 Å². The highest BCUT2D eigenvalue weighted by atomic mass is 32.2. The summed E-state index contributed by atoms with van der Waals surface area (Å²) in [6, 6.07) is -0.221. The van der Waals surface area contributed by atoms with E-state index in [1.807, 2.05) is 6.92 Å². The average molecular weight is 395 g/mol. The first-order valence-electron chi connectivity index (χ1n) is 8.84. The number of hydrogen-bond donors (Lipinski definition) is 1. The molecule has 1 fully saturated rings. The van der Waals surface area contributed by atoms with Crippen LogP contribution in [0.25, 0.3) is 0 Å². The highest BCUT2D eigenvalue weighted by molar-refractivity contribution is 8.00. The van der Waals surface area contributed by atoms with Crippen molar-refractivity contribution >= 4 is 33.7 Å². The van der Waals surface area contributed by atoms with Gasteiger partial charge in [0.25, 0.3) is 0 Å². The number of unbranched alkanes of at least 4 members (excludes halogenated alkanes) is 1. The van der Waals surface area contributed by atoms with Crippen LogP contribution in [0.1, 0.15) is 46.5 Å². The van der Waals surface area contributed by atoms with Crippen LogP contribution in [0.3, 0.4) is 0 Å². The number of piperidine rings is 1. The number of nitrogens with zero attached hydrogens (tertiary/aromatic N) is 2. The molecule has 0 aliphatic carbocycles. The van der Waals surface area contributed by atoms with E-state index < -0.39 is 16.0 Å². The summed E-state index contributed by atoms with van der Waals surface area (Å²) >= 11 is 1.55. The number of carboxylic acids is 1. The number of hydrogen-bond acceptors (Lipinski definition) is 5. The van der Waals surface area contributed by atoms with Crippen molar-refractivity contribution in [1.29, 1.82) is 0 Å². The Labute approximate surface area is 155 Å². The van der Waals surface area contributed by atoms with E-state index in [1.165, 1.54) is 9.21 Å². The smallest absolute Gasteiger partial charge is 0.323 e. The summed E-state index contributed by atoms with van der Waals surface area (Å²) in [7, 11) is -3.24. The van der Waals surface area contributed by atoms with E-state index in [-0.39, 0.29) is 29.5 Å². The molecule has 25 heavy (non-hydrogen) atoms. The Morgan fingerprint density at radius 2 is 1.88 bits per heavy atom. The molecule has 1 heterocycles. The fraction of sp³-hybridized carbons (Fsp3) is 0.875. The fourth-order valence-corrected chi connectivity index (χ4v) is 5.08. The lowest BCUT2D eigenvalue weighted by Gasteiger charge is -2.38. The van der Waals surface area contributed by atoms with Crippen LogP contribution in [-0.2, 0) is 19.6 Å². The Hall–Kier alpha value is -0.800. The molecule has 0 bridgehead atoms. The summed E-state index contributed by atoms with van der Waals surface area (Å²) in [6.07, 6.45) is 3.03. The van der Waals surface area contributed by atoms with Crippen molar-refractivity contribution in [3.63, 3.8) is 0 Å². The molecule has 0 aromatic rings. The molecule has 9 heteroatoms. The Bertz CT molecular complexity index is 545. The molecule has 1 saturated heterocycles. The number of carboxylic acid groups (broad SMARTS) is 1. The zero-order valence-corrected chi connectivity index (χ0v) is 16.9. The molecule has 146 valence electrons. The topological polar surface area (TPSA) is 95.0 Å². The molecule has 0 spiro atoms.